The first-order chi connectivity index (χ1) is 19.3. The van der Waals surface area contributed by atoms with Gasteiger partial charge in [-0.2, -0.15) is 0 Å². The molecule has 1 aliphatic heterocycles. The first kappa shape index (κ1) is 32.7. The number of nitrogens with zero attached hydrogens (tertiary/aromatic N) is 1. The molecular weight excluding hydrogens is 521 g/mol. The van der Waals surface area contributed by atoms with Crippen LogP contribution in [0.15, 0.2) is 42.3 Å². The second-order valence-electron chi connectivity index (χ2n) is 12.6. The molecule has 1 saturated heterocycles. The Morgan fingerprint density at radius 3 is 2.51 bits per heavy atom. The van der Waals surface area contributed by atoms with Gasteiger partial charge >= 0.3 is 5.97 Å². The molecule has 226 valence electrons. The van der Waals surface area contributed by atoms with Gasteiger partial charge in [-0.15, -0.1) is 0 Å². The van der Waals surface area contributed by atoms with E-state index in [1.807, 2.05) is 59.9 Å². The number of carbonyl (C=O) groups excluding carboxylic acids is 1. The van der Waals surface area contributed by atoms with E-state index < -0.39 is 5.60 Å². The third kappa shape index (κ3) is 10.5. The van der Waals surface area contributed by atoms with Crippen LogP contribution in [-0.4, -0.2) is 42.2 Å². The monoisotopic (exact) mass is 569 g/mol. The third-order valence-electron chi connectivity index (χ3n) is 6.92. The number of hydrogen-bond donors (Lipinski definition) is 0. The van der Waals surface area contributed by atoms with Crippen molar-refractivity contribution in [1.82, 2.24) is 4.98 Å². The highest BCUT2D eigenvalue weighted by Gasteiger charge is 2.29. The molecule has 6 nitrogen and oxygen atoms in total. The van der Waals surface area contributed by atoms with Crippen LogP contribution < -0.4 is 0 Å². The molecule has 2 aromatic rings. The van der Waals surface area contributed by atoms with Crippen molar-refractivity contribution >= 4 is 5.97 Å². The Hall–Kier alpha value is -2.77. The predicted octanol–water partition coefficient (Wildman–Crippen LogP) is 7.93. The number of pyridine rings is 1. The normalized spacial score (nSPS) is 19.5. The summed E-state index contributed by atoms with van der Waals surface area (Å²) in [5, 5.41) is 0. The van der Waals surface area contributed by atoms with Gasteiger partial charge in [0.25, 0.3) is 0 Å². The minimum Gasteiger partial charge on any atom is -0.501 e. The quantitative estimate of drug-likeness (QED) is 0.156. The van der Waals surface area contributed by atoms with Gasteiger partial charge in [-0.25, -0.2) is 4.39 Å². The molecule has 1 aromatic carbocycles. The highest BCUT2D eigenvalue weighted by Crippen LogP contribution is 2.35. The van der Waals surface area contributed by atoms with Crippen molar-refractivity contribution in [2.24, 2.45) is 5.92 Å². The van der Waals surface area contributed by atoms with E-state index in [1.165, 1.54) is 12.1 Å². The summed E-state index contributed by atoms with van der Waals surface area (Å²) in [5.41, 5.74) is 5.88. The standard InChI is InChI=1S/C34H48FNO5/c1-22(2)20-38-16-15-27-19-36-33(23(3)4)30(32(27)26-9-11-28(35)12-10-26)14-13-29-17-25(21-39-24(5)40-29)18-31(37)41-34(6,7)8/h9-12,19-20,23-25,29H,13-18,21H2,1-8H3/t24?,25-,29-/m1/s1. The van der Waals surface area contributed by atoms with Crippen molar-refractivity contribution in [2.75, 3.05) is 13.2 Å². The van der Waals surface area contributed by atoms with Crippen LogP contribution in [0, 0.1) is 11.7 Å². The fourth-order valence-electron chi connectivity index (χ4n) is 5.25. The Bertz CT molecular complexity index is 1160. The Morgan fingerprint density at radius 2 is 1.88 bits per heavy atom. The summed E-state index contributed by atoms with van der Waals surface area (Å²) in [5.74, 6) is -0.263. The zero-order valence-electron chi connectivity index (χ0n) is 26.1. The van der Waals surface area contributed by atoms with Gasteiger partial charge in [-0.3, -0.25) is 9.78 Å². The molecule has 1 aliphatic rings. The fourth-order valence-corrected chi connectivity index (χ4v) is 5.25. The lowest BCUT2D eigenvalue weighted by atomic mass is 9.86. The molecule has 3 atom stereocenters. The van der Waals surface area contributed by atoms with E-state index in [-0.39, 0.29) is 36.0 Å². The first-order valence-corrected chi connectivity index (χ1v) is 14.8. The molecule has 1 fully saturated rings. The zero-order valence-corrected chi connectivity index (χ0v) is 26.1. The van der Waals surface area contributed by atoms with Crippen LogP contribution in [0.5, 0.6) is 0 Å². The van der Waals surface area contributed by atoms with Gasteiger partial charge in [0.15, 0.2) is 6.29 Å². The van der Waals surface area contributed by atoms with Gasteiger partial charge < -0.3 is 18.9 Å². The van der Waals surface area contributed by atoms with Gasteiger partial charge in [-0.1, -0.05) is 26.0 Å². The average molecular weight is 570 g/mol. The number of hydrogen-bond acceptors (Lipinski definition) is 6. The van der Waals surface area contributed by atoms with Gasteiger partial charge in [0, 0.05) is 18.3 Å². The molecule has 0 bridgehead atoms. The SMILES string of the molecule is CC(C)=COCCc1cnc(C(C)C)c(CC[C@@H]2C[C@H](CC(=O)OC(C)(C)C)COC(C)O2)c1-c1ccc(F)cc1. The Kier molecular flexibility index (Phi) is 11.9. The lowest BCUT2D eigenvalue weighted by Gasteiger charge is -2.24. The second-order valence-corrected chi connectivity index (χ2v) is 12.6. The molecule has 0 radical (unpaired) electrons. The maximum Gasteiger partial charge on any atom is 0.306 e. The van der Waals surface area contributed by atoms with Crippen molar-refractivity contribution in [1.29, 1.82) is 0 Å². The smallest absolute Gasteiger partial charge is 0.306 e. The Labute approximate surface area is 245 Å². The number of benzene rings is 1. The first-order valence-electron chi connectivity index (χ1n) is 14.8. The molecule has 3 rings (SSSR count). The Morgan fingerprint density at radius 1 is 1.17 bits per heavy atom. The third-order valence-corrected chi connectivity index (χ3v) is 6.92. The minimum atomic E-state index is -0.523. The molecule has 41 heavy (non-hydrogen) atoms. The zero-order chi connectivity index (χ0) is 30.2. The van der Waals surface area contributed by atoms with Crippen LogP contribution in [0.3, 0.4) is 0 Å². The molecule has 1 unspecified atom stereocenters. The van der Waals surface area contributed by atoms with Crippen molar-refractivity contribution in [3.8, 4) is 11.1 Å². The van der Waals surface area contributed by atoms with Crippen LogP contribution >= 0.6 is 0 Å². The molecular formula is C34H48FNO5. The molecule has 0 N–H and O–H groups in total. The van der Waals surface area contributed by atoms with Crippen molar-refractivity contribution < 1.29 is 28.1 Å². The second kappa shape index (κ2) is 14.9. The summed E-state index contributed by atoms with van der Waals surface area (Å²) < 4.78 is 37.4. The van der Waals surface area contributed by atoms with E-state index >= 15 is 0 Å². The maximum atomic E-state index is 13.9. The fraction of sp³-hybridized carbons (Fsp3) is 0.588. The van der Waals surface area contributed by atoms with E-state index in [4.69, 9.17) is 23.9 Å². The van der Waals surface area contributed by atoms with Crippen LogP contribution in [0.25, 0.3) is 11.1 Å². The maximum absolute atomic E-state index is 13.9. The lowest BCUT2D eigenvalue weighted by Crippen LogP contribution is -2.27. The number of halogens is 1. The van der Waals surface area contributed by atoms with E-state index in [0.29, 0.717) is 32.5 Å². The van der Waals surface area contributed by atoms with Crippen molar-refractivity contribution in [3.63, 3.8) is 0 Å². The predicted molar refractivity (Wildman–Crippen MR) is 160 cm³/mol. The Balaban J connectivity index is 1.89. The topological polar surface area (TPSA) is 66.9 Å². The molecule has 0 spiro atoms. The van der Waals surface area contributed by atoms with Crippen LogP contribution in [0.1, 0.15) is 97.4 Å². The molecule has 7 heteroatoms. The average Bonchev–Trinajstić information content (AvgIpc) is 3.04. The van der Waals surface area contributed by atoms with E-state index in [2.05, 4.69) is 13.8 Å². The van der Waals surface area contributed by atoms with Gasteiger partial charge in [0.1, 0.15) is 11.4 Å². The number of allylic oxidation sites excluding steroid dienone is 1. The van der Waals surface area contributed by atoms with Crippen LogP contribution in [0.2, 0.25) is 0 Å². The summed E-state index contributed by atoms with van der Waals surface area (Å²) in [7, 11) is 0. The van der Waals surface area contributed by atoms with E-state index in [1.54, 1.807) is 6.26 Å². The molecule has 0 saturated carbocycles. The minimum absolute atomic E-state index is 0.0117. The van der Waals surface area contributed by atoms with Crippen molar-refractivity contribution in [3.05, 3.63) is 64.9 Å². The molecule has 0 amide bonds. The summed E-state index contributed by atoms with van der Waals surface area (Å²) >= 11 is 0. The van der Waals surface area contributed by atoms with E-state index in [9.17, 15) is 9.18 Å². The molecule has 1 aromatic heterocycles. The summed E-state index contributed by atoms with van der Waals surface area (Å²) in [4.78, 5) is 17.5. The van der Waals surface area contributed by atoms with Crippen LogP contribution in [-0.2, 0) is 36.6 Å². The number of rotatable bonds is 11. The van der Waals surface area contributed by atoms with E-state index in [0.717, 1.165) is 46.4 Å². The highest BCUT2D eigenvalue weighted by atomic mass is 19.1. The van der Waals surface area contributed by atoms with Gasteiger partial charge in [-0.05, 0) is 113 Å². The van der Waals surface area contributed by atoms with Gasteiger partial charge in [0.2, 0.25) is 0 Å². The summed E-state index contributed by atoms with van der Waals surface area (Å²) in [6.07, 6.45) is 6.41. The van der Waals surface area contributed by atoms with Crippen molar-refractivity contribution in [2.45, 2.75) is 111 Å². The number of carbonyl (C=O) groups is 1. The number of aromatic nitrogens is 1. The molecule has 0 aliphatic carbocycles. The summed E-state index contributed by atoms with van der Waals surface area (Å²) in [6.45, 7) is 16.8. The number of esters is 1. The molecule has 2 heterocycles. The lowest BCUT2D eigenvalue weighted by molar-refractivity contribution is -0.157. The number of ether oxygens (including phenoxy) is 4. The summed E-state index contributed by atoms with van der Waals surface area (Å²) in [6, 6.07) is 6.70. The highest BCUT2D eigenvalue weighted by molar-refractivity contribution is 5.72. The van der Waals surface area contributed by atoms with Crippen LogP contribution in [0.4, 0.5) is 4.39 Å². The largest absolute Gasteiger partial charge is 0.501 e. The van der Waals surface area contributed by atoms with Gasteiger partial charge in [0.05, 0.1) is 32.0 Å².